The van der Waals surface area contributed by atoms with Crippen molar-refractivity contribution < 1.29 is 18.7 Å². The van der Waals surface area contributed by atoms with E-state index < -0.39 is 11.7 Å². The number of hydrogen-bond acceptors (Lipinski definition) is 5. The molecule has 7 nitrogen and oxygen atoms in total. The van der Waals surface area contributed by atoms with E-state index >= 15 is 0 Å². The van der Waals surface area contributed by atoms with Gasteiger partial charge in [-0.25, -0.2) is 14.1 Å². The number of amides is 2. The molecule has 0 atom stereocenters. The van der Waals surface area contributed by atoms with E-state index in [1.807, 2.05) is 12.1 Å². The lowest BCUT2D eigenvalue weighted by molar-refractivity contribution is -0.123. The summed E-state index contributed by atoms with van der Waals surface area (Å²) in [6.45, 7) is 0.104. The average Bonchev–Trinajstić information content (AvgIpc) is 3.39. The zero-order chi connectivity index (χ0) is 23.7. The molecule has 2 heterocycles. The minimum Gasteiger partial charge on any atom is -0.497 e. The highest BCUT2D eigenvalue weighted by Crippen LogP contribution is 2.32. The molecule has 0 radical (unpaired) electrons. The maximum Gasteiger partial charge on any atom is 0.261 e. The van der Waals surface area contributed by atoms with Gasteiger partial charge in [0, 0.05) is 11.1 Å². The topological polar surface area (TPSA) is 77.3 Å². The van der Waals surface area contributed by atoms with Gasteiger partial charge >= 0.3 is 0 Å². The smallest absolute Gasteiger partial charge is 0.261 e. The predicted molar refractivity (Wildman–Crippen MR) is 124 cm³/mol. The normalized spacial score (nSPS) is 14.4. The van der Waals surface area contributed by atoms with Gasteiger partial charge in [-0.05, 0) is 53.1 Å². The van der Waals surface area contributed by atoms with Crippen LogP contribution in [0.4, 0.5) is 4.39 Å². The molecule has 168 valence electrons. The summed E-state index contributed by atoms with van der Waals surface area (Å²) in [5, 5.41) is 3.95. The number of fused-ring (bicyclic) bond motifs is 1. The molecule has 0 fully saturated rings. The fourth-order valence-electron chi connectivity index (χ4n) is 3.90. The first-order chi connectivity index (χ1) is 16.5. The van der Waals surface area contributed by atoms with Crippen LogP contribution in [-0.4, -0.2) is 38.6 Å². The fourth-order valence-corrected chi connectivity index (χ4v) is 3.90. The van der Waals surface area contributed by atoms with Crippen molar-refractivity contribution in [2.45, 2.75) is 6.54 Å². The minimum absolute atomic E-state index is 0.104. The van der Waals surface area contributed by atoms with Gasteiger partial charge in [0.1, 0.15) is 29.9 Å². The van der Waals surface area contributed by atoms with Crippen molar-refractivity contribution >= 4 is 23.5 Å². The molecular formula is C26H19FN4O3. The van der Waals surface area contributed by atoms with Crippen molar-refractivity contribution in [2.24, 2.45) is 0 Å². The van der Waals surface area contributed by atoms with Crippen LogP contribution in [0, 0.1) is 5.82 Å². The van der Waals surface area contributed by atoms with E-state index in [9.17, 15) is 14.0 Å². The third-order valence-electron chi connectivity index (χ3n) is 5.62. The Morgan fingerprint density at radius 2 is 1.74 bits per heavy atom. The summed E-state index contributed by atoms with van der Waals surface area (Å²) in [6, 6.07) is 18.7. The molecule has 1 aliphatic heterocycles. The first kappa shape index (κ1) is 21.3. The number of carbonyl (C=O) groups excluding carboxylic acids is 2. The molecule has 0 N–H and O–H groups in total. The Morgan fingerprint density at radius 3 is 2.41 bits per heavy atom. The molecule has 0 saturated carbocycles. The van der Waals surface area contributed by atoms with Crippen LogP contribution >= 0.6 is 0 Å². The van der Waals surface area contributed by atoms with Gasteiger partial charge in [-0.1, -0.05) is 36.4 Å². The molecule has 0 unspecified atom stereocenters. The van der Waals surface area contributed by atoms with Crippen LogP contribution in [0.3, 0.4) is 0 Å². The van der Waals surface area contributed by atoms with Crippen molar-refractivity contribution in [1.29, 1.82) is 0 Å². The van der Waals surface area contributed by atoms with Gasteiger partial charge in [-0.2, -0.15) is 5.10 Å². The van der Waals surface area contributed by atoms with Gasteiger partial charge in [-0.3, -0.25) is 14.5 Å². The lowest BCUT2D eigenvalue weighted by atomic mass is 9.91. The second-order valence-corrected chi connectivity index (χ2v) is 7.70. The number of nitrogens with zero attached hydrogens (tertiary/aromatic N) is 4. The summed E-state index contributed by atoms with van der Waals surface area (Å²) in [6.07, 6.45) is 4.32. The van der Waals surface area contributed by atoms with E-state index in [-0.39, 0.29) is 18.1 Å². The van der Waals surface area contributed by atoms with Gasteiger partial charge in [0.15, 0.2) is 0 Å². The van der Waals surface area contributed by atoms with E-state index in [1.54, 1.807) is 61.7 Å². The molecule has 1 aliphatic rings. The molecule has 0 spiro atoms. The molecule has 3 aromatic carbocycles. The molecule has 5 rings (SSSR count). The SMILES string of the molecule is COc1ccc(CN2C(=O)/C(=C\c3ccc(-n4cncn4)c(F)c3)c3ccccc3C2=O)cc1. The second-order valence-electron chi connectivity index (χ2n) is 7.70. The van der Waals surface area contributed by atoms with E-state index in [0.29, 0.717) is 28.0 Å². The number of halogens is 1. The third kappa shape index (κ3) is 3.86. The summed E-state index contributed by atoms with van der Waals surface area (Å²) < 4.78 is 21.3. The van der Waals surface area contributed by atoms with Crippen molar-refractivity contribution in [1.82, 2.24) is 19.7 Å². The Morgan fingerprint density at radius 1 is 0.971 bits per heavy atom. The van der Waals surface area contributed by atoms with E-state index in [4.69, 9.17) is 4.74 Å². The molecule has 34 heavy (non-hydrogen) atoms. The van der Waals surface area contributed by atoms with Crippen LogP contribution < -0.4 is 4.74 Å². The number of imide groups is 1. The summed E-state index contributed by atoms with van der Waals surface area (Å²) in [5.74, 6) is -0.647. The fraction of sp³-hybridized carbons (Fsp3) is 0.0769. The summed E-state index contributed by atoms with van der Waals surface area (Å²) >= 11 is 0. The lowest BCUT2D eigenvalue weighted by Gasteiger charge is -2.29. The van der Waals surface area contributed by atoms with Crippen LogP contribution in [0.15, 0.2) is 79.4 Å². The number of methoxy groups -OCH3 is 1. The van der Waals surface area contributed by atoms with Crippen LogP contribution in [-0.2, 0) is 11.3 Å². The summed E-state index contributed by atoms with van der Waals surface area (Å²) in [4.78, 5) is 31.7. The third-order valence-corrected chi connectivity index (χ3v) is 5.62. The van der Waals surface area contributed by atoms with Crippen molar-refractivity contribution in [3.63, 3.8) is 0 Å². The van der Waals surface area contributed by atoms with Crippen LogP contribution in [0.1, 0.15) is 27.0 Å². The van der Waals surface area contributed by atoms with Crippen molar-refractivity contribution in [3.05, 3.63) is 107 Å². The first-order valence-electron chi connectivity index (χ1n) is 10.5. The number of hydrogen-bond donors (Lipinski definition) is 0. The maximum absolute atomic E-state index is 14.8. The minimum atomic E-state index is -0.512. The van der Waals surface area contributed by atoms with Crippen molar-refractivity contribution in [3.8, 4) is 11.4 Å². The van der Waals surface area contributed by atoms with E-state index in [1.165, 1.54) is 28.3 Å². The highest BCUT2D eigenvalue weighted by atomic mass is 19.1. The number of aromatic nitrogens is 3. The standard InChI is InChI=1S/C26H19FN4O3/c1-34-19-9-6-17(7-10-19)14-30-25(32)21-5-3-2-4-20(21)22(26(30)33)12-18-8-11-24(23(27)13-18)31-16-28-15-29-31/h2-13,15-16H,14H2,1H3/b22-12-. The lowest BCUT2D eigenvalue weighted by Crippen LogP contribution is -2.41. The van der Waals surface area contributed by atoms with Crippen molar-refractivity contribution in [2.75, 3.05) is 7.11 Å². The summed E-state index contributed by atoms with van der Waals surface area (Å²) in [5.41, 5.74) is 2.76. The zero-order valence-electron chi connectivity index (χ0n) is 18.2. The number of carbonyl (C=O) groups is 2. The molecule has 1 aromatic heterocycles. The van der Waals surface area contributed by atoms with E-state index in [0.717, 1.165) is 5.56 Å². The van der Waals surface area contributed by atoms with Crippen LogP contribution in [0.25, 0.3) is 17.3 Å². The molecule has 0 aliphatic carbocycles. The monoisotopic (exact) mass is 454 g/mol. The Balaban J connectivity index is 1.53. The van der Waals surface area contributed by atoms with Crippen LogP contribution in [0.5, 0.6) is 5.75 Å². The highest BCUT2D eigenvalue weighted by molar-refractivity contribution is 6.33. The Kier molecular flexibility index (Phi) is 5.47. The Bertz CT molecular complexity index is 1410. The molecule has 0 saturated heterocycles. The quantitative estimate of drug-likeness (QED) is 0.335. The first-order valence-corrected chi connectivity index (χ1v) is 10.5. The summed E-state index contributed by atoms with van der Waals surface area (Å²) in [7, 11) is 1.57. The van der Waals surface area contributed by atoms with E-state index in [2.05, 4.69) is 10.1 Å². The van der Waals surface area contributed by atoms with Gasteiger partial charge in [0.25, 0.3) is 11.8 Å². The highest BCUT2D eigenvalue weighted by Gasteiger charge is 2.34. The molecule has 2 amide bonds. The second kappa shape index (κ2) is 8.74. The molecule has 4 aromatic rings. The largest absolute Gasteiger partial charge is 0.497 e. The number of ether oxygens (including phenoxy) is 1. The average molecular weight is 454 g/mol. The maximum atomic E-state index is 14.8. The molecule has 8 heteroatoms. The predicted octanol–water partition coefficient (Wildman–Crippen LogP) is 4.14. The Labute approximate surface area is 194 Å². The van der Waals surface area contributed by atoms with Crippen LogP contribution in [0.2, 0.25) is 0 Å². The molecule has 0 bridgehead atoms. The van der Waals surface area contributed by atoms with Gasteiger partial charge in [0.2, 0.25) is 0 Å². The van der Waals surface area contributed by atoms with Gasteiger partial charge in [-0.15, -0.1) is 0 Å². The Hall–Kier alpha value is -4.59. The molecular weight excluding hydrogens is 435 g/mol. The number of rotatable bonds is 5. The van der Waals surface area contributed by atoms with Gasteiger partial charge < -0.3 is 4.74 Å². The zero-order valence-corrected chi connectivity index (χ0v) is 18.2. The van der Waals surface area contributed by atoms with Gasteiger partial charge in [0.05, 0.1) is 13.7 Å². The number of benzene rings is 3.